The lowest BCUT2D eigenvalue weighted by Crippen LogP contribution is -2.22. The molecule has 1 unspecified atom stereocenters. The van der Waals surface area contributed by atoms with E-state index < -0.39 is 30.2 Å². The Kier molecular flexibility index (Phi) is 5.19. The Bertz CT molecular complexity index is 465. The summed E-state index contributed by atoms with van der Waals surface area (Å²) < 4.78 is 37.8. The molecule has 0 heterocycles. The summed E-state index contributed by atoms with van der Waals surface area (Å²) in [5, 5.41) is 20.3. The van der Waals surface area contributed by atoms with Crippen LogP contribution in [-0.4, -0.2) is 28.8 Å². The fourth-order valence-electron chi connectivity index (χ4n) is 1.36. The number of benzene rings is 1. The zero-order valence-electron chi connectivity index (χ0n) is 9.54. The Hall–Kier alpha value is -1.28. The van der Waals surface area contributed by atoms with E-state index in [4.69, 9.17) is 5.11 Å². The zero-order chi connectivity index (χ0) is 14.6. The van der Waals surface area contributed by atoms with Crippen molar-refractivity contribution in [2.75, 3.05) is 11.9 Å². The minimum atomic E-state index is -4.49. The highest BCUT2D eigenvalue weighted by molar-refractivity contribution is 9.10. The number of hydrogen-bond donors (Lipinski definition) is 3. The molecule has 1 atom stereocenters. The predicted molar refractivity (Wildman–Crippen MR) is 65.9 cm³/mol. The molecule has 0 aliphatic heterocycles. The topological polar surface area (TPSA) is 69.6 Å². The van der Waals surface area contributed by atoms with Crippen LogP contribution in [0.25, 0.3) is 0 Å². The first-order chi connectivity index (χ1) is 8.70. The number of nitrogens with one attached hydrogen (secondary N) is 1. The standard InChI is InChI=1S/C11H11BrF3NO3/c12-9-2-1-6(3-8(9)11(13,14)15)16-5-7(17)4-10(18)19/h1-3,7,16-17H,4-5H2,(H,18,19). The smallest absolute Gasteiger partial charge is 0.417 e. The highest BCUT2D eigenvalue weighted by Gasteiger charge is 2.33. The number of carboxylic acid groups (broad SMARTS) is 1. The van der Waals surface area contributed by atoms with Crippen LogP contribution in [-0.2, 0) is 11.0 Å². The molecule has 4 nitrogen and oxygen atoms in total. The summed E-state index contributed by atoms with van der Waals surface area (Å²) in [5.74, 6) is -1.18. The first kappa shape index (κ1) is 15.8. The maximum atomic E-state index is 12.6. The molecular weight excluding hydrogens is 331 g/mol. The number of aliphatic hydroxyl groups is 1. The molecule has 1 rings (SSSR count). The molecule has 0 fully saturated rings. The first-order valence-electron chi connectivity index (χ1n) is 5.20. The lowest BCUT2D eigenvalue weighted by atomic mass is 10.2. The van der Waals surface area contributed by atoms with Gasteiger partial charge < -0.3 is 15.5 Å². The summed E-state index contributed by atoms with van der Waals surface area (Å²) in [6.07, 6.45) is -6.14. The van der Waals surface area contributed by atoms with Crippen LogP contribution in [0.5, 0.6) is 0 Å². The molecular formula is C11H11BrF3NO3. The normalized spacial score (nSPS) is 13.1. The summed E-state index contributed by atoms with van der Waals surface area (Å²) in [6.45, 7) is -0.148. The van der Waals surface area contributed by atoms with Gasteiger partial charge in [-0.1, -0.05) is 15.9 Å². The second-order valence-corrected chi connectivity index (χ2v) is 4.68. The SMILES string of the molecule is O=C(O)CC(O)CNc1ccc(Br)c(C(F)(F)F)c1. The number of alkyl halides is 3. The lowest BCUT2D eigenvalue weighted by Gasteiger charge is -2.14. The second-order valence-electron chi connectivity index (χ2n) is 3.82. The molecule has 0 bridgehead atoms. The third-order valence-corrected chi connectivity index (χ3v) is 2.92. The van der Waals surface area contributed by atoms with Gasteiger partial charge in [-0.2, -0.15) is 13.2 Å². The van der Waals surface area contributed by atoms with Crippen LogP contribution in [0.2, 0.25) is 0 Å². The van der Waals surface area contributed by atoms with Crippen molar-refractivity contribution in [2.24, 2.45) is 0 Å². The van der Waals surface area contributed by atoms with Crippen LogP contribution in [0.4, 0.5) is 18.9 Å². The second kappa shape index (κ2) is 6.25. The number of aliphatic hydroxyl groups excluding tert-OH is 1. The van der Waals surface area contributed by atoms with Crippen molar-refractivity contribution in [3.8, 4) is 0 Å². The molecule has 0 aliphatic carbocycles. The minimum Gasteiger partial charge on any atom is -0.481 e. The van der Waals surface area contributed by atoms with Gasteiger partial charge in [0.1, 0.15) is 0 Å². The highest BCUT2D eigenvalue weighted by atomic mass is 79.9. The van der Waals surface area contributed by atoms with Gasteiger partial charge in [-0.15, -0.1) is 0 Å². The zero-order valence-corrected chi connectivity index (χ0v) is 11.1. The van der Waals surface area contributed by atoms with Crippen molar-refractivity contribution in [1.82, 2.24) is 0 Å². The Morgan fingerprint density at radius 1 is 1.42 bits per heavy atom. The maximum Gasteiger partial charge on any atom is 0.417 e. The van der Waals surface area contributed by atoms with E-state index in [-0.39, 0.29) is 16.7 Å². The fraction of sp³-hybridized carbons (Fsp3) is 0.364. The molecule has 0 amide bonds. The van der Waals surface area contributed by atoms with Crippen LogP contribution < -0.4 is 5.32 Å². The molecule has 0 radical (unpaired) electrons. The molecule has 106 valence electrons. The molecule has 19 heavy (non-hydrogen) atoms. The molecule has 8 heteroatoms. The lowest BCUT2D eigenvalue weighted by molar-refractivity contribution is -0.139. The van der Waals surface area contributed by atoms with E-state index in [0.717, 1.165) is 6.07 Å². The van der Waals surface area contributed by atoms with Gasteiger partial charge >= 0.3 is 12.1 Å². The summed E-state index contributed by atoms with van der Waals surface area (Å²) in [7, 11) is 0. The summed E-state index contributed by atoms with van der Waals surface area (Å²) in [5.41, 5.74) is -0.690. The van der Waals surface area contributed by atoms with Crippen LogP contribution in [0, 0.1) is 0 Å². The van der Waals surface area contributed by atoms with E-state index in [1.807, 2.05) is 0 Å². The van der Waals surface area contributed by atoms with Crippen LogP contribution in [0.1, 0.15) is 12.0 Å². The van der Waals surface area contributed by atoms with Crippen molar-refractivity contribution >= 4 is 27.6 Å². The highest BCUT2D eigenvalue weighted by Crippen LogP contribution is 2.36. The number of rotatable bonds is 5. The Balaban J connectivity index is 2.73. The number of aliphatic carboxylic acids is 1. The van der Waals surface area contributed by atoms with Crippen molar-refractivity contribution < 1.29 is 28.2 Å². The number of carboxylic acids is 1. The molecule has 0 saturated heterocycles. The molecule has 0 spiro atoms. The van der Waals surface area contributed by atoms with E-state index in [1.165, 1.54) is 12.1 Å². The maximum absolute atomic E-state index is 12.6. The van der Waals surface area contributed by atoms with Gasteiger partial charge in [0.25, 0.3) is 0 Å². The van der Waals surface area contributed by atoms with Gasteiger partial charge in [0.15, 0.2) is 0 Å². The van der Waals surface area contributed by atoms with Gasteiger partial charge in [-0.3, -0.25) is 4.79 Å². The fourth-order valence-corrected chi connectivity index (χ4v) is 1.83. The quantitative estimate of drug-likeness (QED) is 0.770. The molecule has 1 aromatic rings. The number of carbonyl (C=O) groups is 1. The summed E-state index contributed by atoms with van der Waals surface area (Å²) in [6, 6.07) is 3.51. The van der Waals surface area contributed by atoms with E-state index in [9.17, 15) is 23.1 Å². The molecule has 1 aromatic carbocycles. The van der Waals surface area contributed by atoms with E-state index >= 15 is 0 Å². The van der Waals surface area contributed by atoms with Gasteiger partial charge in [0.2, 0.25) is 0 Å². The van der Waals surface area contributed by atoms with Crippen molar-refractivity contribution in [2.45, 2.75) is 18.7 Å². The van der Waals surface area contributed by atoms with E-state index in [2.05, 4.69) is 21.2 Å². The molecule has 0 saturated carbocycles. The molecule has 0 aliphatic rings. The average molecular weight is 342 g/mol. The summed E-state index contributed by atoms with van der Waals surface area (Å²) in [4.78, 5) is 10.3. The Morgan fingerprint density at radius 3 is 2.58 bits per heavy atom. The minimum absolute atomic E-state index is 0.0864. The van der Waals surface area contributed by atoms with Gasteiger partial charge in [0.05, 0.1) is 18.1 Å². The monoisotopic (exact) mass is 341 g/mol. The number of halogens is 4. The largest absolute Gasteiger partial charge is 0.481 e. The van der Waals surface area contributed by atoms with Crippen molar-refractivity contribution in [3.05, 3.63) is 28.2 Å². The predicted octanol–water partition coefficient (Wildman–Crippen LogP) is 2.72. The average Bonchev–Trinajstić information content (AvgIpc) is 2.25. The van der Waals surface area contributed by atoms with Gasteiger partial charge in [-0.05, 0) is 18.2 Å². The van der Waals surface area contributed by atoms with Crippen LogP contribution in [0.15, 0.2) is 22.7 Å². The van der Waals surface area contributed by atoms with Crippen molar-refractivity contribution in [3.63, 3.8) is 0 Å². The molecule has 3 N–H and O–H groups in total. The number of hydrogen-bond acceptors (Lipinski definition) is 3. The van der Waals surface area contributed by atoms with Crippen LogP contribution >= 0.6 is 15.9 Å². The third kappa shape index (κ3) is 5.07. The number of anilines is 1. The van der Waals surface area contributed by atoms with Gasteiger partial charge in [0, 0.05) is 16.7 Å². The van der Waals surface area contributed by atoms with E-state index in [0.29, 0.717) is 0 Å². The molecule has 0 aromatic heterocycles. The van der Waals surface area contributed by atoms with Crippen LogP contribution in [0.3, 0.4) is 0 Å². The van der Waals surface area contributed by atoms with Crippen molar-refractivity contribution in [1.29, 1.82) is 0 Å². The summed E-state index contributed by atoms with van der Waals surface area (Å²) >= 11 is 2.80. The Labute approximate surface area is 115 Å². The Morgan fingerprint density at radius 2 is 2.05 bits per heavy atom. The third-order valence-electron chi connectivity index (χ3n) is 2.22. The van der Waals surface area contributed by atoms with Gasteiger partial charge in [-0.25, -0.2) is 0 Å². The van der Waals surface area contributed by atoms with E-state index in [1.54, 1.807) is 0 Å². The first-order valence-corrected chi connectivity index (χ1v) is 6.00.